The Bertz CT molecular complexity index is 808. The molecule has 0 heterocycles. The number of rotatable bonds is 11. The molecule has 2 rings (SSSR count). The minimum absolute atomic E-state index is 0.0637. The molecule has 0 aliphatic heterocycles. The quantitative estimate of drug-likeness (QED) is 0.346. The minimum Gasteiger partial charge on any atom is -0.493 e. The van der Waals surface area contributed by atoms with E-state index in [1.54, 1.807) is 12.1 Å². The highest BCUT2D eigenvalue weighted by atomic mass is 16.7. The molecule has 2 aromatic carbocycles. The second-order valence-corrected chi connectivity index (χ2v) is 5.85. The molecule has 1 atom stereocenters. The van der Waals surface area contributed by atoms with Gasteiger partial charge in [-0.2, -0.15) is 0 Å². The van der Waals surface area contributed by atoms with Crippen LogP contribution in [0, 0.1) is 0 Å². The van der Waals surface area contributed by atoms with Crippen LogP contribution in [0.2, 0.25) is 0 Å². The molecule has 0 aromatic heterocycles. The van der Waals surface area contributed by atoms with Crippen molar-refractivity contribution in [1.82, 2.24) is 0 Å². The van der Waals surface area contributed by atoms with Crippen molar-refractivity contribution in [1.29, 1.82) is 0 Å². The molecule has 2 aromatic rings. The standard InChI is InChI=1S/C21H26O8/c1-6-28-12-29-15-8-7-13(9-16(15)24-2)19(22)20(23)14-10-17(25-3)21(27-5)18(11-14)26-4/h7-11,20,23H,6,12H2,1-5H3. The summed E-state index contributed by atoms with van der Waals surface area (Å²) in [7, 11) is 5.86. The molecule has 158 valence electrons. The number of methoxy groups -OCH3 is 4. The van der Waals surface area contributed by atoms with E-state index in [1.165, 1.54) is 46.6 Å². The first-order valence-corrected chi connectivity index (χ1v) is 8.91. The van der Waals surface area contributed by atoms with Gasteiger partial charge in [0.1, 0.15) is 6.10 Å². The summed E-state index contributed by atoms with van der Waals surface area (Å²) < 4.78 is 31.7. The summed E-state index contributed by atoms with van der Waals surface area (Å²) in [6, 6.07) is 7.70. The first-order chi connectivity index (χ1) is 14.0. The third-order valence-corrected chi connectivity index (χ3v) is 4.20. The molecule has 0 amide bonds. The number of aliphatic hydroxyl groups excluding tert-OH is 1. The van der Waals surface area contributed by atoms with Crippen molar-refractivity contribution < 1.29 is 38.3 Å². The number of carbonyl (C=O) groups excluding carboxylic acids is 1. The minimum atomic E-state index is -1.44. The van der Waals surface area contributed by atoms with E-state index in [0.717, 1.165) is 0 Å². The number of hydrogen-bond acceptors (Lipinski definition) is 8. The molecule has 0 spiro atoms. The van der Waals surface area contributed by atoms with Gasteiger partial charge in [-0.15, -0.1) is 0 Å². The molecule has 0 bridgehead atoms. The largest absolute Gasteiger partial charge is 0.493 e. The van der Waals surface area contributed by atoms with E-state index < -0.39 is 11.9 Å². The molecule has 0 radical (unpaired) electrons. The Morgan fingerprint density at radius 1 is 0.897 bits per heavy atom. The predicted octanol–water partition coefficient (Wildman–Crippen LogP) is 3.01. The zero-order valence-electron chi connectivity index (χ0n) is 17.2. The number of carbonyl (C=O) groups is 1. The van der Waals surface area contributed by atoms with Crippen LogP contribution in [0.25, 0.3) is 0 Å². The van der Waals surface area contributed by atoms with Gasteiger partial charge in [-0.1, -0.05) is 0 Å². The molecular formula is C21H26O8. The van der Waals surface area contributed by atoms with Crippen molar-refractivity contribution in [3.05, 3.63) is 41.5 Å². The Balaban J connectivity index is 2.32. The van der Waals surface area contributed by atoms with E-state index in [4.69, 9.17) is 28.4 Å². The molecule has 29 heavy (non-hydrogen) atoms. The van der Waals surface area contributed by atoms with E-state index in [1.807, 2.05) is 6.92 Å². The van der Waals surface area contributed by atoms with Gasteiger partial charge < -0.3 is 33.5 Å². The van der Waals surface area contributed by atoms with Crippen molar-refractivity contribution in [3.8, 4) is 28.7 Å². The van der Waals surface area contributed by atoms with Crippen molar-refractivity contribution in [3.63, 3.8) is 0 Å². The first-order valence-electron chi connectivity index (χ1n) is 8.91. The zero-order valence-corrected chi connectivity index (χ0v) is 17.2. The summed E-state index contributed by atoms with van der Waals surface area (Å²) in [5.41, 5.74) is 0.562. The Kier molecular flexibility index (Phi) is 8.11. The Hall–Kier alpha value is -2.97. The van der Waals surface area contributed by atoms with Crippen molar-refractivity contribution in [2.24, 2.45) is 0 Å². The van der Waals surface area contributed by atoms with Gasteiger partial charge in [-0.3, -0.25) is 4.79 Å². The van der Waals surface area contributed by atoms with E-state index >= 15 is 0 Å². The lowest BCUT2D eigenvalue weighted by atomic mass is 9.99. The number of Topliss-reactive ketones (excluding diaryl/α,β-unsaturated/α-hetero) is 1. The maximum Gasteiger partial charge on any atom is 0.203 e. The number of hydrogen-bond donors (Lipinski definition) is 1. The molecule has 1 unspecified atom stereocenters. The van der Waals surface area contributed by atoms with Gasteiger partial charge in [0.05, 0.1) is 28.4 Å². The Morgan fingerprint density at radius 2 is 1.52 bits per heavy atom. The highest BCUT2D eigenvalue weighted by Gasteiger charge is 2.24. The summed E-state index contributed by atoms with van der Waals surface area (Å²) in [6.07, 6.45) is -1.44. The average Bonchev–Trinajstić information content (AvgIpc) is 2.77. The number of ketones is 1. The molecule has 0 aliphatic carbocycles. The number of benzene rings is 2. The van der Waals surface area contributed by atoms with Crippen molar-refractivity contribution in [2.75, 3.05) is 41.8 Å². The number of ether oxygens (including phenoxy) is 6. The smallest absolute Gasteiger partial charge is 0.203 e. The molecule has 1 N–H and O–H groups in total. The second-order valence-electron chi connectivity index (χ2n) is 5.85. The number of aliphatic hydroxyl groups is 1. The fourth-order valence-electron chi connectivity index (χ4n) is 2.70. The third kappa shape index (κ3) is 5.10. The van der Waals surface area contributed by atoms with Crippen LogP contribution in [0.1, 0.15) is 28.9 Å². The van der Waals surface area contributed by atoms with Gasteiger partial charge in [-0.05, 0) is 42.8 Å². The maximum atomic E-state index is 12.9. The Morgan fingerprint density at radius 3 is 2.03 bits per heavy atom. The van der Waals surface area contributed by atoms with Crippen LogP contribution in [0.3, 0.4) is 0 Å². The lowest BCUT2D eigenvalue weighted by molar-refractivity contribution is 0.0209. The third-order valence-electron chi connectivity index (χ3n) is 4.20. The van der Waals surface area contributed by atoms with Gasteiger partial charge in [0, 0.05) is 12.2 Å². The maximum absolute atomic E-state index is 12.9. The van der Waals surface area contributed by atoms with Crippen LogP contribution in [0.4, 0.5) is 0 Å². The highest BCUT2D eigenvalue weighted by molar-refractivity contribution is 6.00. The van der Waals surface area contributed by atoms with Crippen LogP contribution < -0.4 is 23.7 Å². The SMILES string of the molecule is CCOCOc1ccc(C(=O)C(O)c2cc(OC)c(OC)c(OC)c2)cc1OC. The lowest BCUT2D eigenvalue weighted by Crippen LogP contribution is -2.13. The summed E-state index contributed by atoms with van der Waals surface area (Å²) >= 11 is 0. The molecule has 8 nitrogen and oxygen atoms in total. The van der Waals surface area contributed by atoms with Crippen LogP contribution in [0.5, 0.6) is 28.7 Å². The highest BCUT2D eigenvalue weighted by Crippen LogP contribution is 2.40. The van der Waals surface area contributed by atoms with E-state index in [9.17, 15) is 9.90 Å². The van der Waals surface area contributed by atoms with E-state index in [2.05, 4.69) is 0 Å². The normalized spacial score (nSPS) is 11.5. The molecule has 0 aliphatic rings. The molecule has 0 saturated heterocycles. The summed E-state index contributed by atoms with van der Waals surface area (Å²) in [6.45, 7) is 2.43. The van der Waals surface area contributed by atoms with Crippen molar-refractivity contribution >= 4 is 5.78 Å². The lowest BCUT2D eigenvalue weighted by Gasteiger charge is -2.17. The second kappa shape index (κ2) is 10.5. The van der Waals surface area contributed by atoms with E-state index in [-0.39, 0.29) is 12.4 Å². The van der Waals surface area contributed by atoms with Crippen LogP contribution in [-0.2, 0) is 4.74 Å². The average molecular weight is 406 g/mol. The summed E-state index contributed by atoms with van der Waals surface area (Å²) in [5, 5.41) is 10.7. The molecular weight excluding hydrogens is 380 g/mol. The van der Waals surface area contributed by atoms with Gasteiger partial charge in [0.15, 0.2) is 35.6 Å². The molecule has 0 fully saturated rings. The monoisotopic (exact) mass is 406 g/mol. The van der Waals surface area contributed by atoms with Gasteiger partial charge in [0.25, 0.3) is 0 Å². The van der Waals surface area contributed by atoms with Crippen LogP contribution >= 0.6 is 0 Å². The van der Waals surface area contributed by atoms with Gasteiger partial charge >= 0.3 is 0 Å². The molecule has 0 saturated carbocycles. The topological polar surface area (TPSA) is 92.7 Å². The van der Waals surface area contributed by atoms with Crippen LogP contribution in [-0.4, -0.2) is 52.7 Å². The van der Waals surface area contributed by atoms with Gasteiger partial charge in [0.2, 0.25) is 5.75 Å². The van der Waals surface area contributed by atoms with Crippen LogP contribution in [0.15, 0.2) is 30.3 Å². The zero-order chi connectivity index (χ0) is 21.4. The fraction of sp³-hybridized carbons (Fsp3) is 0.381. The Labute approximate surface area is 169 Å². The summed E-state index contributed by atoms with van der Waals surface area (Å²) in [5.74, 6) is 1.31. The summed E-state index contributed by atoms with van der Waals surface area (Å²) in [4.78, 5) is 12.9. The van der Waals surface area contributed by atoms with Gasteiger partial charge in [-0.25, -0.2) is 0 Å². The predicted molar refractivity (Wildman–Crippen MR) is 106 cm³/mol. The fourth-order valence-corrected chi connectivity index (χ4v) is 2.70. The molecule has 8 heteroatoms. The first kappa shape index (κ1) is 22.3. The van der Waals surface area contributed by atoms with Crippen molar-refractivity contribution in [2.45, 2.75) is 13.0 Å². The van der Waals surface area contributed by atoms with E-state index in [0.29, 0.717) is 40.9 Å².